The molecule has 1 aromatic heterocycles. The SMILES string of the molecule is CC(C)(O)C1CCCN1Cc1cc(-c2ccccc2)no1. The zero-order chi connectivity index (χ0) is 14.9. The van der Waals surface area contributed by atoms with Gasteiger partial charge in [-0.05, 0) is 33.2 Å². The minimum Gasteiger partial charge on any atom is -0.389 e. The first-order chi connectivity index (χ1) is 10.0. The monoisotopic (exact) mass is 286 g/mol. The van der Waals surface area contributed by atoms with Gasteiger partial charge in [0.25, 0.3) is 0 Å². The fourth-order valence-corrected chi connectivity index (χ4v) is 3.15. The van der Waals surface area contributed by atoms with Crippen LogP contribution in [0.5, 0.6) is 0 Å². The molecule has 3 rings (SSSR count). The molecule has 4 heteroatoms. The van der Waals surface area contributed by atoms with E-state index in [2.05, 4.69) is 10.1 Å². The highest BCUT2D eigenvalue weighted by Crippen LogP contribution is 2.29. The van der Waals surface area contributed by atoms with Crippen molar-refractivity contribution in [3.8, 4) is 11.3 Å². The van der Waals surface area contributed by atoms with Crippen LogP contribution in [0, 0.1) is 0 Å². The summed E-state index contributed by atoms with van der Waals surface area (Å²) >= 11 is 0. The predicted molar refractivity (Wildman–Crippen MR) is 81.7 cm³/mol. The van der Waals surface area contributed by atoms with Gasteiger partial charge in [-0.15, -0.1) is 0 Å². The quantitative estimate of drug-likeness (QED) is 0.938. The van der Waals surface area contributed by atoms with E-state index in [-0.39, 0.29) is 6.04 Å². The minimum atomic E-state index is -0.682. The Balaban J connectivity index is 1.73. The van der Waals surface area contributed by atoms with E-state index in [9.17, 15) is 5.11 Å². The summed E-state index contributed by atoms with van der Waals surface area (Å²) in [5, 5.41) is 14.4. The molecule has 2 heterocycles. The second kappa shape index (κ2) is 5.62. The van der Waals surface area contributed by atoms with E-state index >= 15 is 0 Å². The number of nitrogens with zero attached hydrogens (tertiary/aromatic N) is 2. The van der Waals surface area contributed by atoms with Crippen LogP contribution in [-0.4, -0.2) is 33.4 Å². The first kappa shape index (κ1) is 14.3. The van der Waals surface area contributed by atoms with Crippen molar-refractivity contribution in [1.82, 2.24) is 10.1 Å². The van der Waals surface area contributed by atoms with Crippen molar-refractivity contribution in [3.63, 3.8) is 0 Å². The Kier molecular flexibility index (Phi) is 3.83. The molecule has 0 amide bonds. The van der Waals surface area contributed by atoms with Gasteiger partial charge in [0.2, 0.25) is 0 Å². The summed E-state index contributed by atoms with van der Waals surface area (Å²) in [5.74, 6) is 0.852. The first-order valence-corrected chi connectivity index (χ1v) is 7.51. The second-order valence-corrected chi connectivity index (χ2v) is 6.33. The van der Waals surface area contributed by atoms with E-state index in [0.717, 1.165) is 36.4 Å². The molecule has 1 aliphatic rings. The number of rotatable bonds is 4. The normalized spacial score (nSPS) is 20.0. The molecule has 1 aromatic carbocycles. The molecule has 1 N–H and O–H groups in total. The van der Waals surface area contributed by atoms with Gasteiger partial charge in [-0.3, -0.25) is 4.90 Å². The summed E-state index contributed by atoms with van der Waals surface area (Å²) in [6.45, 7) is 5.46. The fraction of sp³-hybridized carbons (Fsp3) is 0.471. The van der Waals surface area contributed by atoms with Gasteiger partial charge in [0, 0.05) is 17.7 Å². The third kappa shape index (κ3) is 3.17. The van der Waals surface area contributed by atoms with E-state index in [4.69, 9.17) is 4.52 Å². The number of hydrogen-bond acceptors (Lipinski definition) is 4. The average molecular weight is 286 g/mol. The molecule has 1 atom stereocenters. The largest absolute Gasteiger partial charge is 0.389 e. The molecular weight excluding hydrogens is 264 g/mol. The van der Waals surface area contributed by atoms with Crippen LogP contribution in [0.1, 0.15) is 32.4 Å². The number of benzene rings is 1. The zero-order valence-corrected chi connectivity index (χ0v) is 12.6. The van der Waals surface area contributed by atoms with Gasteiger partial charge in [0.05, 0.1) is 12.1 Å². The van der Waals surface area contributed by atoms with Gasteiger partial charge in [-0.2, -0.15) is 0 Å². The van der Waals surface area contributed by atoms with Crippen LogP contribution in [0.15, 0.2) is 40.9 Å². The summed E-state index contributed by atoms with van der Waals surface area (Å²) in [6.07, 6.45) is 2.15. The highest BCUT2D eigenvalue weighted by atomic mass is 16.5. The van der Waals surface area contributed by atoms with E-state index in [1.54, 1.807) is 0 Å². The van der Waals surface area contributed by atoms with Crippen LogP contribution < -0.4 is 0 Å². The Bertz CT molecular complexity index is 586. The van der Waals surface area contributed by atoms with Crippen molar-refractivity contribution in [2.45, 2.75) is 44.9 Å². The second-order valence-electron chi connectivity index (χ2n) is 6.33. The van der Waals surface area contributed by atoms with Crippen LogP contribution in [0.2, 0.25) is 0 Å². The fourth-order valence-electron chi connectivity index (χ4n) is 3.15. The lowest BCUT2D eigenvalue weighted by atomic mass is 9.96. The van der Waals surface area contributed by atoms with Crippen molar-refractivity contribution in [2.24, 2.45) is 0 Å². The van der Waals surface area contributed by atoms with Crippen molar-refractivity contribution < 1.29 is 9.63 Å². The van der Waals surface area contributed by atoms with Crippen LogP contribution >= 0.6 is 0 Å². The minimum absolute atomic E-state index is 0.183. The van der Waals surface area contributed by atoms with E-state index in [0.29, 0.717) is 6.54 Å². The van der Waals surface area contributed by atoms with Gasteiger partial charge in [-0.1, -0.05) is 35.5 Å². The van der Waals surface area contributed by atoms with Gasteiger partial charge in [0.15, 0.2) is 5.76 Å². The smallest absolute Gasteiger partial charge is 0.151 e. The predicted octanol–water partition coefficient (Wildman–Crippen LogP) is 3.08. The first-order valence-electron chi connectivity index (χ1n) is 7.51. The van der Waals surface area contributed by atoms with Gasteiger partial charge in [0.1, 0.15) is 5.69 Å². The Labute approximate surface area is 125 Å². The standard InChI is InChI=1S/C17H22N2O2/c1-17(2,20)16-9-6-10-19(16)12-14-11-15(18-21-14)13-7-4-3-5-8-13/h3-5,7-8,11,16,20H,6,9-10,12H2,1-2H3. The summed E-state index contributed by atoms with van der Waals surface area (Å²) in [4.78, 5) is 2.29. The average Bonchev–Trinajstić information content (AvgIpc) is 3.09. The Morgan fingerprint density at radius 2 is 2.10 bits per heavy atom. The van der Waals surface area contributed by atoms with Crippen LogP contribution in [0.25, 0.3) is 11.3 Å². The summed E-state index contributed by atoms with van der Waals surface area (Å²) in [5.41, 5.74) is 1.25. The molecule has 0 spiro atoms. The third-order valence-corrected chi connectivity index (χ3v) is 4.17. The lowest BCUT2D eigenvalue weighted by Crippen LogP contribution is -2.45. The molecule has 2 aromatic rings. The van der Waals surface area contributed by atoms with Crippen molar-refractivity contribution in [1.29, 1.82) is 0 Å². The number of hydrogen-bond donors (Lipinski definition) is 1. The maximum atomic E-state index is 10.3. The molecule has 0 radical (unpaired) electrons. The molecule has 112 valence electrons. The highest BCUT2D eigenvalue weighted by Gasteiger charge is 2.36. The molecule has 1 saturated heterocycles. The topological polar surface area (TPSA) is 49.5 Å². The lowest BCUT2D eigenvalue weighted by molar-refractivity contribution is -0.00725. The summed E-state index contributed by atoms with van der Waals surface area (Å²) in [7, 11) is 0. The molecule has 1 aliphatic heterocycles. The van der Waals surface area contributed by atoms with E-state index in [1.165, 1.54) is 0 Å². The van der Waals surface area contributed by atoms with Gasteiger partial charge >= 0.3 is 0 Å². The molecule has 1 fully saturated rings. The van der Waals surface area contributed by atoms with Gasteiger partial charge in [-0.25, -0.2) is 0 Å². The third-order valence-electron chi connectivity index (χ3n) is 4.17. The molecule has 0 bridgehead atoms. The molecular formula is C17H22N2O2. The lowest BCUT2D eigenvalue weighted by Gasteiger charge is -2.33. The summed E-state index contributed by atoms with van der Waals surface area (Å²) < 4.78 is 5.47. The van der Waals surface area contributed by atoms with Crippen molar-refractivity contribution in [2.75, 3.05) is 6.54 Å². The van der Waals surface area contributed by atoms with Crippen LogP contribution in [-0.2, 0) is 6.54 Å². The number of aliphatic hydroxyl groups is 1. The molecule has 21 heavy (non-hydrogen) atoms. The summed E-state index contributed by atoms with van der Waals surface area (Å²) in [6, 6.07) is 12.2. The molecule has 1 unspecified atom stereocenters. The Morgan fingerprint density at radius 3 is 2.81 bits per heavy atom. The van der Waals surface area contributed by atoms with Crippen LogP contribution in [0.3, 0.4) is 0 Å². The molecule has 0 aliphatic carbocycles. The highest BCUT2D eigenvalue weighted by molar-refractivity contribution is 5.58. The maximum Gasteiger partial charge on any atom is 0.151 e. The Hall–Kier alpha value is -1.65. The molecule has 4 nitrogen and oxygen atoms in total. The van der Waals surface area contributed by atoms with Crippen LogP contribution in [0.4, 0.5) is 0 Å². The van der Waals surface area contributed by atoms with E-state index < -0.39 is 5.60 Å². The zero-order valence-electron chi connectivity index (χ0n) is 12.6. The number of likely N-dealkylation sites (tertiary alicyclic amines) is 1. The van der Waals surface area contributed by atoms with Crippen molar-refractivity contribution in [3.05, 3.63) is 42.2 Å². The van der Waals surface area contributed by atoms with Crippen molar-refractivity contribution >= 4 is 0 Å². The maximum absolute atomic E-state index is 10.3. The van der Waals surface area contributed by atoms with Gasteiger partial charge < -0.3 is 9.63 Å². The number of aromatic nitrogens is 1. The molecule has 0 saturated carbocycles. The Morgan fingerprint density at radius 1 is 1.33 bits per heavy atom. The van der Waals surface area contributed by atoms with E-state index in [1.807, 2.05) is 50.2 Å².